The van der Waals surface area contributed by atoms with Crippen molar-refractivity contribution in [2.24, 2.45) is 0 Å². The van der Waals surface area contributed by atoms with Crippen molar-refractivity contribution in [3.8, 4) is 11.6 Å². The van der Waals surface area contributed by atoms with Crippen molar-refractivity contribution in [2.75, 3.05) is 0 Å². The zero-order valence-corrected chi connectivity index (χ0v) is 10.8. The van der Waals surface area contributed by atoms with Gasteiger partial charge in [-0.15, -0.1) is 0 Å². The number of nitro groups is 2. The monoisotopic (exact) mass is 301 g/mol. The predicted molar refractivity (Wildman–Crippen MR) is 71.8 cm³/mol. The molecule has 0 fully saturated rings. The quantitative estimate of drug-likeness (QED) is 0.522. The topological polar surface area (TPSA) is 135 Å². The smallest absolute Gasteiger partial charge is 0.285 e. The van der Waals surface area contributed by atoms with Crippen molar-refractivity contribution >= 4 is 11.4 Å². The zero-order valence-electron chi connectivity index (χ0n) is 10.8. The third kappa shape index (κ3) is 2.15. The third-order valence-corrected chi connectivity index (χ3v) is 2.83. The van der Waals surface area contributed by atoms with Gasteiger partial charge in [0.05, 0.1) is 9.85 Å². The van der Waals surface area contributed by atoms with E-state index in [0.717, 1.165) is 6.07 Å². The molecule has 0 bridgehead atoms. The first-order chi connectivity index (χ1) is 10.6. The molecule has 110 valence electrons. The van der Waals surface area contributed by atoms with Gasteiger partial charge in [0.1, 0.15) is 18.7 Å². The first kappa shape index (κ1) is 13.4. The van der Waals surface area contributed by atoms with Crippen LogP contribution in [0.25, 0.3) is 11.6 Å². The second-order valence-corrected chi connectivity index (χ2v) is 4.13. The average Bonchev–Trinajstić information content (AvgIpc) is 3.19. The van der Waals surface area contributed by atoms with Crippen molar-refractivity contribution in [3.05, 3.63) is 63.7 Å². The molecule has 3 rings (SSSR count). The summed E-state index contributed by atoms with van der Waals surface area (Å²) in [6.45, 7) is 0. The Hall–Kier alpha value is -3.63. The van der Waals surface area contributed by atoms with Crippen LogP contribution < -0.4 is 0 Å². The lowest BCUT2D eigenvalue weighted by atomic mass is 10.3. The summed E-state index contributed by atoms with van der Waals surface area (Å²) in [6.07, 6.45) is 8.39. The van der Waals surface area contributed by atoms with Crippen molar-refractivity contribution in [2.45, 2.75) is 0 Å². The minimum Gasteiger partial charge on any atom is -0.285 e. The Kier molecular flexibility index (Phi) is 3.06. The van der Waals surface area contributed by atoms with Crippen LogP contribution in [0.4, 0.5) is 11.4 Å². The first-order valence-electron chi connectivity index (χ1n) is 5.88. The number of hydrogen-bond acceptors (Lipinski definition) is 7. The lowest BCUT2D eigenvalue weighted by Crippen LogP contribution is -2.08. The molecule has 11 heteroatoms. The Morgan fingerprint density at radius 2 is 1.32 bits per heavy atom. The molecule has 11 nitrogen and oxygen atoms in total. The van der Waals surface area contributed by atoms with Gasteiger partial charge in [0, 0.05) is 24.8 Å². The minimum atomic E-state index is -0.729. The van der Waals surface area contributed by atoms with Crippen LogP contribution in [0, 0.1) is 20.2 Å². The molecule has 0 aliphatic carbocycles. The summed E-state index contributed by atoms with van der Waals surface area (Å²) in [5, 5.41) is 22.4. The highest BCUT2D eigenvalue weighted by Gasteiger charge is 2.28. The van der Waals surface area contributed by atoms with Crippen molar-refractivity contribution < 1.29 is 9.85 Å². The van der Waals surface area contributed by atoms with E-state index < -0.39 is 21.2 Å². The molecule has 0 unspecified atom stereocenters. The van der Waals surface area contributed by atoms with E-state index in [0.29, 0.717) is 0 Å². The maximum Gasteiger partial charge on any atom is 0.319 e. The fourth-order valence-corrected chi connectivity index (χ4v) is 1.89. The van der Waals surface area contributed by atoms with Gasteiger partial charge < -0.3 is 0 Å². The standard InChI is InChI=1S/C11H7N7O4/c19-17(20)8-5-9(18(21)22)11(16-4-2-13-7-16)14-10(8)15-3-1-12-6-15/h1-7H. The van der Waals surface area contributed by atoms with E-state index >= 15 is 0 Å². The molecule has 0 saturated heterocycles. The summed E-state index contributed by atoms with van der Waals surface area (Å²) in [4.78, 5) is 32.6. The molecule has 0 aromatic carbocycles. The van der Waals surface area contributed by atoms with Crippen LogP contribution in [0.15, 0.2) is 43.5 Å². The van der Waals surface area contributed by atoms with Crippen LogP contribution in [0.2, 0.25) is 0 Å². The highest BCUT2D eigenvalue weighted by molar-refractivity contribution is 5.60. The Balaban J connectivity index is 2.32. The molecular formula is C11H7N7O4. The van der Waals surface area contributed by atoms with Crippen molar-refractivity contribution in [1.82, 2.24) is 24.1 Å². The van der Waals surface area contributed by atoms with Gasteiger partial charge in [-0.2, -0.15) is 4.98 Å². The molecule has 0 radical (unpaired) electrons. The molecule has 3 heterocycles. The number of imidazole rings is 2. The van der Waals surface area contributed by atoms with E-state index in [2.05, 4.69) is 15.0 Å². The Labute approximate surface area is 121 Å². The SMILES string of the molecule is O=[N+]([O-])c1cc([N+](=O)[O-])c(-n2ccnc2)nc1-n1ccnc1. The number of hydrogen-bond donors (Lipinski definition) is 0. The second-order valence-electron chi connectivity index (χ2n) is 4.13. The summed E-state index contributed by atoms with van der Waals surface area (Å²) < 4.78 is 2.62. The fourth-order valence-electron chi connectivity index (χ4n) is 1.89. The van der Waals surface area contributed by atoms with E-state index in [4.69, 9.17) is 0 Å². The van der Waals surface area contributed by atoms with Crippen LogP contribution in [0.5, 0.6) is 0 Å². The van der Waals surface area contributed by atoms with Crippen LogP contribution >= 0.6 is 0 Å². The summed E-state index contributed by atoms with van der Waals surface area (Å²) in [6, 6.07) is 0.873. The van der Waals surface area contributed by atoms with Crippen molar-refractivity contribution in [1.29, 1.82) is 0 Å². The fraction of sp³-hybridized carbons (Fsp3) is 0. The van der Waals surface area contributed by atoms with Gasteiger partial charge in [-0.3, -0.25) is 29.4 Å². The van der Waals surface area contributed by atoms with Gasteiger partial charge in [0.2, 0.25) is 11.6 Å². The molecule has 0 amide bonds. The van der Waals surface area contributed by atoms with Crippen LogP contribution in [0.3, 0.4) is 0 Å². The lowest BCUT2D eigenvalue weighted by Gasteiger charge is -2.07. The van der Waals surface area contributed by atoms with Crippen molar-refractivity contribution in [3.63, 3.8) is 0 Å². The van der Waals surface area contributed by atoms with Gasteiger partial charge in [-0.05, 0) is 0 Å². The summed E-state index contributed by atoms with van der Waals surface area (Å²) in [5.41, 5.74) is -0.984. The highest BCUT2D eigenvalue weighted by atomic mass is 16.6. The van der Waals surface area contributed by atoms with E-state index in [1.54, 1.807) is 0 Å². The summed E-state index contributed by atoms with van der Waals surface area (Å²) in [5.74, 6) is -0.145. The maximum absolute atomic E-state index is 11.2. The number of rotatable bonds is 4. The van der Waals surface area contributed by atoms with E-state index in [1.807, 2.05) is 0 Å². The zero-order chi connectivity index (χ0) is 15.7. The molecule has 0 saturated carbocycles. The molecule has 3 aromatic rings. The number of nitrogens with zero attached hydrogens (tertiary/aromatic N) is 7. The highest BCUT2D eigenvalue weighted by Crippen LogP contribution is 2.30. The second kappa shape index (κ2) is 5.05. The molecule has 0 aliphatic heterocycles. The number of pyridine rings is 1. The van der Waals surface area contributed by atoms with Crippen LogP contribution in [0.1, 0.15) is 0 Å². The molecule has 0 atom stereocenters. The van der Waals surface area contributed by atoms with Gasteiger partial charge >= 0.3 is 11.4 Å². The largest absolute Gasteiger partial charge is 0.319 e. The van der Waals surface area contributed by atoms with Crippen LogP contribution in [-0.4, -0.2) is 33.9 Å². The molecule has 0 spiro atoms. The van der Waals surface area contributed by atoms with E-state index in [1.165, 1.54) is 46.6 Å². The Morgan fingerprint density at radius 3 is 1.64 bits per heavy atom. The third-order valence-electron chi connectivity index (χ3n) is 2.83. The molecule has 0 N–H and O–H groups in total. The predicted octanol–water partition coefficient (Wildman–Crippen LogP) is 1.27. The maximum atomic E-state index is 11.2. The minimum absolute atomic E-state index is 0.0724. The van der Waals surface area contributed by atoms with Gasteiger partial charge in [-0.1, -0.05) is 0 Å². The van der Waals surface area contributed by atoms with Crippen LogP contribution in [-0.2, 0) is 0 Å². The van der Waals surface area contributed by atoms with E-state index in [9.17, 15) is 20.2 Å². The molecule has 22 heavy (non-hydrogen) atoms. The van der Waals surface area contributed by atoms with E-state index in [-0.39, 0.29) is 11.6 Å². The average molecular weight is 301 g/mol. The lowest BCUT2D eigenvalue weighted by molar-refractivity contribution is -0.394. The van der Waals surface area contributed by atoms with Gasteiger partial charge in [0.25, 0.3) is 0 Å². The Bertz CT molecular complexity index is 774. The summed E-state index contributed by atoms with van der Waals surface area (Å²) >= 11 is 0. The normalized spacial score (nSPS) is 10.5. The molecule has 0 aliphatic rings. The van der Waals surface area contributed by atoms with Gasteiger partial charge in [0.15, 0.2) is 0 Å². The molecule has 3 aromatic heterocycles. The molecular weight excluding hydrogens is 294 g/mol. The Morgan fingerprint density at radius 1 is 0.864 bits per heavy atom. The summed E-state index contributed by atoms with van der Waals surface area (Å²) in [7, 11) is 0. The number of aromatic nitrogens is 5. The van der Waals surface area contributed by atoms with Gasteiger partial charge in [-0.25, -0.2) is 9.97 Å². The first-order valence-corrected chi connectivity index (χ1v) is 5.88.